The first-order valence-corrected chi connectivity index (χ1v) is 11.7. The number of hydrogen-bond acceptors (Lipinski definition) is 3. The average molecular weight is 438 g/mol. The summed E-state index contributed by atoms with van der Waals surface area (Å²) < 4.78 is 0. The fourth-order valence-electron chi connectivity index (χ4n) is 5.19. The monoisotopic (exact) mass is 437 g/mol. The first-order valence-electron chi connectivity index (χ1n) is 11.7. The van der Waals surface area contributed by atoms with E-state index >= 15 is 0 Å². The molecule has 2 amide bonds. The lowest BCUT2D eigenvalue weighted by Gasteiger charge is -2.53. The standard InChI is InChI=1S/C28H27N3O2/c32-27(22-12-10-21(11-13-22)14-20-6-2-1-3-7-20)30-16-24(17-30)29-18-25(19-29)31-15-23-8-4-5-9-26(23)28(31)33/h1-13,24-25H,14-19H2. The number of likely N-dealkylation sites (tertiary alicyclic amines) is 2. The molecule has 0 bridgehead atoms. The molecule has 166 valence electrons. The smallest absolute Gasteiger partial charge is 0.254 e. The van der Waals surface area contributed by atoms with Crippen molar-refractivity contribution < 1.29 is 9.59 Å². The Labute approximate surface area is 194 Å². The largest absolute Gasteiger partial charge is 0.335 e. The topological polar surface area (TPSA) is 43.9 Å². The fraction of sp³-hybridized carbons (Fsp3) is 0.286. The van der Waals surface area contributed by atoms with E-state index in [1.807, 2.05) is 52.3 Å². The molecule has 0 unspecified atom stereocenters. The molecule has 5 heteroatoms. The van der Waals surface area contributed by atoms with E-state index in [-0.39, 0.29) is 17.9 Å². The number of carbonyl (C=O) groups excluding carboxylic acids is 2. The van der Waals surface area contributed by atoms with Crippen LogP contribution in [-0.4, -0.2) is 64.8 Å². The molecule has 3 heterocycles. The van der Waals surface area contributed by atoms with Crippen LogP contribution < -0.4 is 0 Å². The molecule has 0 radical (unpaired) electrons. The molecule has 0 N–H and O–H groups in total. The van der Waals surface area contributed by atoms with Crippen molar-refractivity contribution >= 4 is 11.8 Å². The fourth-order valence-corrected chi connectivity index (χ4v) is 5.19. The summed E-state index contributed by atoms with van der Waals surface area (Å²) in [6.45, 7) is 4.07. The zero-order valence-corrected chi connectivity index (χ0v) is 18.6. The van der Waals surface area contributed by atoms with Gasteiger partial charge in [0.2, 0.25) is 0 Å². The van der Waals surface area contributed by atoms with Crippen LogP contribution in [0.2, 0.25) is 0 Å². The number of hydrogen-bond donors (Lipinski definition) is 0. The lowest BCUT2D eigenvalue weighted by molar-refractivity contribution is -0.0364. The number of fused-ring (bicyclic) bond motifs is 1. The third-order valence-corrected chi connectivity index (χ3v) is 7.30. The van der Waals surface area contributed by atoms with Gasteiger partial charge in [-0.1, -0.05) is 60.7 Å². The minimum atomic E-state index is 0.111. The van der Waals surface area contributed by atoms with Gasteiger partial charge < -0.3 is 9.80 Å². The molecule has 6 rings (SSSR count). The van der Waals surface area contributed by atoms with E-state index < -0.39 is 0 Å². The Hall–Kier alpha value is -3.44. The Morgan fingerprint density at radius 3 is 2.15 bits per heavy atom. The Morgan fingerprint density at radius 2 is 1.42 bits per heavy atom. The molecular weight excluding hydrogens is 410 g/mol. The second kappa shape index (κ2) is 8.16. The van der Waals surface area contributed by atoms with Crippen molar-refractivity contribution in [2.24, 2.45) is 0 Å². The van der Waals surface area contributed by atoms with Gasteiger partial charge in [0, 0.05) is 49.9 Å². The van der Waals surface area contributed by atoms with Gasteiger partial charge in [-0.3, -0.25) is 14.5 Å². The predicted molar refractivity (Wildman–Crippen MR) is 127 cm³/mol. The van der Waals surface area contributed by atoms with Crippen LogP contribution in [0.25, 0.3) is 0 Å². The van der Waals surface area contributed by atoms with Gasteiger partial charge >= 0.3 is 0 Å². The molecule has 2 saturated heterocycles. The summed E-state index contributed by atoms with van der Waals surface area (Å²) >= 11 is 0. The van der Waals surface area contributed by atoms with Gasteiger partial charge in [0.1, 0.15) is 0 Å². The highest BCUT2D eigenvalue weighted by molar-refractivity contribution is 5.98. The number of benzene rings is 3. The molecule has 0 aromatic heterocycles. The van der Waals surface area contributed by atoms with E-state index in [1.54, 1.807) is 0 Å². The second-order valence-electron chi connectivity index (χ2n) is 9.42. The van der Waals surface area contributed by atoms with Crippen LogP contribution in [0, 0.1) is 0 Å². The van der Waals surface area contributed by atoms with Gasteiger partial charge in [-0.2, -0.15) is 0 Å². The van der Waals surface area contributed by atoms with Crippen molar-refractivity contribution in [1.29, 1.82) is 0 Å². The van der Waals surface area contributed by atoms with E-state index in [0.29, 0.717) is 6.04 Å². The maximum atomic E-state index is 12.9. The van der Waals surface area contributed by atoms with Crippen molar-refractivity contribution in [1.82, 2.24) is 14.7 Å². The predicted octanol–water partition coefficient (Wildman–Crippen LogP) is 3.44. The van der Waals surface area contributed by atoms with E-state index in [1.165, 1.54) is 11.1 Å². The Morgan fingerprint density at radius 1 is 0.758 bits per heavy atom. The van der Waals surface area contributed by atoms with Crippen molar-refractivity contribution in [2.45, 2.75) is 25.0 Å². The summed E-state index contributed by atoms with van der Waals surface area (Å²) in [6.07, 6.45) is 0.877. The third-order valence-electron chi connectivity index (χ3n) is 7.30. The SMILES string of the molecule is O=C(c1ccc(Cc2ccccc2)cc1)N1CC(N2CC(N3Cc4ccccc4C3=O)C2)C1. The van der Waals surface area contributed by atoms with E-state index in [4.69, 9.17) is 0 Å². The maximum Gasteiger partial charge on any atom is 0.254 e. The van der Waals surface area contributed by atoms with E-state index in [9.17, 15) is 9.59 Å². The molecule has 0 aliphatic carbocycles. The van der Waals surface area contributed by atoms with E-state index in [0.717, 1.165) is 55.8 Å². The molecule has 0 spiro atoms. The molecule has 2 fully saturated rings. The van der Waals surface area contributed by atoms with Crippen LogP contribution in [0.5, 0.6) is 0 Å². The summed E-state index contributed by atoms with van der Waals surface area (Å²) in [7, 11) is 0. The zero-order chi connectivity index (χ0) is 22.4. The molecule has 0 saturated carbocycles. The highest BCUT2D eigenvalue weighted by atomic mass is 16.2. The summed E-state index contributed by atoms with van der Waals surface area (Å²) in [5, 5.41) is 0. The lowest BCUT2D eigenvalue weighted by atomic mass is 9.97. The molecule has 3 aliphatic heterocycles. The Balaban J connectivity index is 0.988. The molecule has 3 aromatic rings. The number of carbonyl (C=O) groups is 2. The van der Waals surface area contributed by atoms with Gasteiger partial charge in [-0.25, -0.2) is 0 Å². The quantitative estimate of drug-likeness (QED) is 0.614. The number of nitrogens with zero attached hydrogens (tertiary/aromatic N) is 3. The summed E-state index contributed by atoms with van der Waals surface area (Å²) in [5.41, 5.74) is 5.23. The van der Waals surface area contributed by atoms with Crippen LogP contribution in [0.15, 0.2) is 78.9 Å². The molecule has 3 aliphatic rings. The molecule has 0 atom stereocenters. The van der Waals surface area contributed by atoms with Gasteiger partial charge in [0.05, 0.1) is 6.04 Å². The van der Waals surface area contributed by atoms with Gasteiger partial charge in [0.15, 0.2) is 0 Å². The molecule has 33 heavy (non-hydrogen) atoms. The van der Waals surface area contributed by atoms with Crippen LogP contribution in [0.1, 0.15) is 37.4 Å². The van der Waals surface area contributed by atoms with Crippen LogP contribution >= 0.6 is 0 Å². The zero-order valence-electron chi connectivity index (χ0n) is 18.6. The average Bonchev–Trinajstić information content (AvgIpc) is 3.11. The summed E-state index contributed by atoms with van der Waals surface area (Å²) in [4.78, 5) is 31.9. The van der Waals surface area contributed by atoms with Crippen LogP contribution in [0.3, 0.4) is 0 Å². The van der Waals surface area contributed by atoms with Gasteiger partial charge in [-0.05, 0) is 41.3 Å². The highest BCUT2D eigenvalue weighted by Gasteiger charge is 2.45. The molecule has 3 aromatic carbocycles. The first-order chi connectivity index (χ1) is 16.2. The summed E-state index contributed by atoms with van der Waals surface area (Å²) in [6, 6.07) is 27.0. The van der Waals surface area contributed by atoms with Crippen LogP contribution in [0.4, 0.5) is 0 Å². The molecular formula is C28H27N3O2. The summed E-state index contributed by atoms with van der Waals surface area (Å²) in [5.74, 6) is 0.274. The number of amides is 2. The lowest BCUT2D eigenvalue weighted by Crippen LogP contribution is -2.70. The van der Waals surface area contributed by atoms with E-state index in [2.05, 4.69) is 41.3 Å². The number of rotatable bonds is 5. The maximum absolute atomic E-state index is 12.9. The van der Waals surface area contributed by atoms with Crippen molar-refractivity contribution in [3.05, 3.63) is 107 Å². The highest BCUT2D eigenvalue weighted by Crippen LogP contribution is 2.30. The van der Waals surface area contributed by atoms with Crippen LogP contribution in [-0.2, 0) is 13.0 Å². The normalized spacial score (nSPS) is 18.7. The minimum Gasteiger partial charge on any atom is -0.335 e. The van der Waals surface area contributed by atoms with Gasteiger partial charge in [0.25, 0.3) is 11.8 Å². The second-order valence-corrected chi connectivity index (χ2v) is 9.42. The van der Waals surface area contributed by atoms with Crippen molar-refractivity contribution in [3.63, 3.8) is 0 Å². The minimum absolute atomic E-state index is 0.111. The molecule has 5 nitrogen and oxygen atoms in total. The third kappa shape index (κ3) is 3.72. The Kier molecular flexibility index (Phi) is 4.99. The first kappa shape index (κ1) is 20.2. The van der Waals surface area contributed by atoms with Gasteiger partial charge in [-0.15, -0.1) is 0 Å². The Bertz CT molecular complexity index is 1180. The van der Waals surface area contributed by atoms with Crippen molar-refractivity contribution in [2.75, 3.05) is 26.2 Å². The van der Waals surface area contributed by atoms with Crippen molar-refractivity contribution in [3.8, 4) is 0 Å².